The number of nitrogens with two attached hydrogens (primary N) is 1. The number of rotatable bonds is 1. The van der Waals surface area contributed by atoms with Crippen LogP contribution < -0.4 is 5.73 Å². The molecule has 0 bridgehead atoms. The minimum atomic E-state index is 0.796. The van der Waals surface area contributed by atoms with Crippen LogP contribution in [0.2, 0.25) is 0 Å². The quantitative estimate of drug-likeness (QED) is 0.524. The lowest BCUT2D eigenvalue weighted by molar-refractivity contribution is 1.09. The monoisotopic (exact) mass is 274 g/mol. The molecule has 0 saturated carbocycles. The fraction of sp³-hybridized carbons (Fsp3) is 0.0588. The van der Waals surface area contributed by atoms with Gasteiger partial charge in [-0.15, -0.1) is 0 Å². The van der Waals surface area contributed by atoms with Gasteiger partial charge in [0, 0.05) is 35.6 Å². The van der Waals surface area contributed by atoms with E-state index in [0.29, 0.717) is 0 Å². The van der Waals surface area contributed by atoms with Crippen molar-refractivity contribution in [2.75, 3.05) is 5.73 Å². The number of nitrogen functional groups attached to an aromatic ring is 1. The molecule has 1 aromatic carbocycles. The van der Waals surface area contributed by atoms with Crippen LogP contribution in [0, 0.1) is 0 Å². The summed E-state index contributed by atoms with van der Waals surface area (Å²) >= 11 is 0. The second-order valence-electron chi connectivity index (χ2n) is 5.22. The molecule has 2 aromatic heterocycles. The Labute approximate surface area is 122 Å². The fourth-order valence-electron chi connectivity index (χ4n) is 2.69. The minimum Gasteiger partial charge on any atom is -0.399 e. The molecule has 0 atom stereocenters. The molecule has 1 aliphatic carbocycles. The normalized spacial score (nSPS) is 12.6. The third-order valence-corrected chi connectivity index (χ3v) is 3.80. The first kappa shape index (κ1) is 11.9. The Hall–Kier alpha value is -2.88. The highest BCUT2D eigenvalue weighted by Crippen LogP contribution is 2.28. The van der Waals surface area contributed by atoms with Gasteiger partial charge in [0.1, 0.15) is 0 Å². The van der Waals surface area contributed by atoms with Gasteiger partial charge in [0.05, 0.1) is 11.9 Å². The lowest BCUT2D eigenvalue weighted by Crippen LogP contribution is -1.96. The second kappa shape index (κ2) is 4.59. The number of anilines is 1. The lowest BCUT2D eigenvalue weighted by Gasteiger charge is -2.08. The van der Waals surface area contributed by atoms with Crippen molar-refractivity contribution in [1.82, 2.24) is 15.2 Å². The first-order valence-corrected chi connectivity index (χ1v) is 6.84. The number of H-pyrrole nitrogens is 1. The SMILES string of the molecule is Nc1ccc2c(c1)Cc1cc(-c3cn[nH]c3)cnc1C=C2. The Kier molecular flexibility index (Phi) is 2.60. The van der Waals surface area contributed by atoms with Crippen molar-refractivity contribution in [2.24, 2.45) is 0 Å². The van der Waals surface area contributed by atoms with E-state index >= 15 is 0 Å². The highest BCUT2D eigenvalue weighted by Gasteiger charge is 2.12. The van der Waals surface area contributed by atoms with Crippen molar-refractivity contribution in [2.45, 2.75) is 6.42 Å². The molecule has 21 heavy (non-hydrogen) atoms. The lowest BCUT2D eigenvalue weighted by atomic mass is 9.99. The Morgan fingerprint density at radius 2 is 1.95 bits per heavy atom. The van der Waals surface area contributed by atoms with E-state index in [4.69, 9.17) is 5.73 Å². The molecule has 4 nitrogen and oxygen atoms in total. The van der Waals surface area contributed by atoms with Gasteiger partial charge in [-0.2, -0.15) is 5.10 Å². The van der Waals surface area contributed by atoms with Crippen molar-refractivity contribution >= 4 is 17.8 Å². The number of nitrogens with zero attached hydrogens (tertiary/aromatic N) is 2. The zero-order valence-corrected chi connectivity index (χ0v) is 11.4. The number of benzene rings is 1. The molecule has 0 aliphatic heterocycles. The smallest absolute Gasteiger partial charge is 0.0665 e. The van der Waals surface area contributed by atoms with Gasteiger partial charge in [-0.3, -0.25) is 10.1 Å². The zero-order valence-electron chi connectivity index (χ0n) is 11.4. The van der Waals surface area contributed by atoms with Crippen LogP contribution in [0.15, 0.2) is 42.9 Å². The van der Waals surface area contributed by atoms with Crippen LogP contribution in [-0.4, -0.2) is 15.2 Å². The topological polar surface area (TPSA) is 67.6 Å². The molecule has 3 N–H and O–H groups in total. The van der Waals surface area contributed by atoms with Gasteiger partial charge in [-0.05, 0) is 41.0 Å². The number of hydrogen-bond acceptors (Lipinski definition) is 3. The van der Waals surface area contributed by atoms with Gasteiger partial charge in [-0.25, -0.2) is 0 Å². The Morgan fingerprint density at radius 3 is 2.81 bits per heavy atom. The number of aromatic amines is 1. The van der Waals surface area contributed by atoms with Crippen LogP contribution >= 0.6 is 0 Å². The fourth-order valence-corrected chi connectivity index (χ4v) is 2.69. The highest BCUT2D eigenvalue weighted by atomic mass is 15.1. The van der Waals surface area contributed by atoms with E-state index in [2.05, 4.69) is 39.5 Å². The third kappa shape index (κ3) is 2.10. The third-order valence-electron chi connectivity index (χ3n) is 3.80. The maximum absolute atomic E-state index is 5.91. The predicted octanol–water partition coefficient (Wildman–Crippen LogP) is 3.13. The summed E-state index contributed by atoms with van der Waals surface area (Å²) in [5, 5.41) is 6.83. The zero-order chi connectivity index (χ0) is 14.2. The molecule has 102 valence electrons. The maximum Gasteiger partial charge on any atom is 0.0665 e. The average molecular weight is 274 g/mol. The first-order valence-electron chi connectivity index (χ1n) is 6.84. The Balaban J connectivity index is 1.83. The summed E-state index contributed by atoms with van der Waals surface area (Å²) in [5.74, 6) is 0. The molecule has 0 radical (unpaired) electrons. The van der Waals surface area contributed by atoms with E-state index in [-0.39, 0.29) is 0 Å². The van der Waals surface area contributed by atoms with E-state index in [1.807, 2.05) is 30.7 Å². The summed E-state index contributed by atoms with van der Waals surface area (Å²) in [6.45, 7) is 0. The highest BCUT2D eigenvalue weighted by molar-refractivity contribution is 5.76. The predicted molar refractivity (Wildman–Crippen MR) is 84.4 cm³/mol. The summed E-state index contributed by atoms with van der Waals surface area (Å²) in [6.07, 6.45) is 10.6. The van der Waals surface area contributed by atoms with Crippen molar-refractivity contribution in [3.05, 3.63) is 65.2 Å². The molecule has 0 unspecified atom stereocenters. The van der Waals surface area contributed by atoms with Crippen LogP contribution in [0.5, 0.6) is 0 Å². The molecule has 0 fully saturated rings. The summed E-state index contributed by atoms with van der Waals surface area (Å²) in [6, 6.07) is 8.21. The van der Waals surface area contributed by atoms with E-state index in [1.54, 1.807) is 0 Å². The van der Waals surface area contributed by atoms with Gasteiger partial charge in [0.2, 0.25) is 0 Å². The number of pyridine rings is 1. The molecular formula is C17H14N4. The van der Waals surface area contributed by atoms with Crippen LogP contribution in [0.25, 0.3) is 23.3 Å². The number of nitrogens with one attached hydrogen (secondary N) is 1. The maximum atomic E-state index is 5.91. The van der Waals surface area contributed by atoms with Gasteiger partial charge < -0.3 is 5.73 Å². The average Bonchev–Trinajstić information content (AvgIpc) is 2.95. The second-order valence-corrected chi connectivity index (χ2v) is 5.22. The van der Waals surface area contributed by atoms with Crippen LogP contribution in [0.1, 0.15) is 22.4 Å². The van der Waals surface area contributed by atoms with Gasteiger partial charge in [-0.1, -0.05) is 12.1 Å². The van der Waals surface area contributed by atoms with Crippen molar-refractivity contribution < 1.29 is 0 Å². The Morgan fingerprint density at radius 1 is 1.00 bits per heavy atom. The molecule has 0 saturated heterocycles. The largest absolute Gasteiger partial charge is 0.399 e. The van der Waals surface area contributed by atoms with Crippen LogP contribution in [0.3, 0.4) is 0 Å². The molecule has 1 aliphatic rings. The number of hydrogen-bond donors (Lipinski definition) is 2. The summed E-state index contributed by atoms with van der Waals surface area (Å²) in [5.41, 5.74) is 13.5. The molecule has 4 rings (SSSR count). The standard InChI is InChI=1S/C17H14N4/c18-16-3-1-11-2-4-17-13(5-12(11)7-16)6-14(8-19-17)15-9-20-21-10-15/h1-4,6-10H,5,18H2,(H,20,21). The van der Waals surface area contributed by atoms with Crippen molar-refractivity contribution in [1.29, 1.82) is 0 Å². The van der Waals surface area contributed by atoms with Crippen molar-refractivity contribution in [3.63, 3.8) is 0 Å². The molecular weight excluding hydrogens is 260 g/mol. The Bertz CT molecular complexity index is 832. The number of aromatic nitrogens is 3. The van der Waals surface area contributed by atoms with Crippen LogP contribution in [0.4, 0.5) is 5.69 Å². The van der Waals surface area contributed by atoms with E-state index in [0.717, 1.165) is 28.9 Å². The molecule has 0 spiro atoms. The summed E-state index contributed by atoms with van der Waals surface area (Å²) in [7, 11) is 0. The summed E-state index contributed by atoms with van der Waals surface area (Å²) in [4.78, 5) is 4.58. The van der Waals surface area contributed by atoms with Gasteiger partial charge >= 0.3 is 0 Å². The van der Waals surface area contributed by atoms with Crippen LogP contribution in [-0.2, 0) is 6.42 Å². The van der Waals surface area contributed by atoms with Gasteiger partial charge in [0.25, 0.3) is 0 Å². The molecule has 4 heteroatoms. The molecule has 0 amide bonds. The van der Waals surface area contributed by atoms with Crippen molar-refractivity contribution in [3.8, 4) is 11.1 Å². The van der Waals surface area contributed by atoms with E-state index in [9.17, 15) is 0 Å². The molecule has 3 aromatic rings. The van der Waals surface area contributed by atoms with E-state index in [1.165, 1.54) is 16.7 Å². The minimum absolute atomic E-state index is 0.796. The van der Waals surface area contributed by atoms with Gasteiger partial charge in [0.15, 0.2) is 0 Å². The number of fused-ring (bicyclic) bond motifs is 2. The molecule has 2 heterocycles. The van der Waals surface area contributed by atoms with E-state index < -0.39 is 0 Å². The summed E-state index contributed by atoms with van der Waals surface area (Å²) < 4.78 is 0. The first-order chi connectivity index (χ1) is 10.3.